The van der Waals surface area contributed by atoms with Crippen LogP contribution in [0.1, 0.15) is 21.5 Å². The van der Waals surface area contributed by atoms with Gasteiger partial charge in [-0.3, -0.25) is 9.69 Å². The van der Waals surface area contributed by atoms with Crippen molar-refractivity contribution in [2.45, 2.75) is 6.61 Å². The van der Waals surface area contributed by atoms with Crippen LogP contribution in [0.5, 0.6) is 11.5 Å². The first-order valence-electron chi connectivity index (χ1n) is 11.5. The molecular weight excluding hydrogens is 492 g/mol. The van der Waals surface area contributed by atoms with Gasteiger partial charge in [-0.25, -0.2) is 9.79 Å². The molecule has 3 aromatic rings. The lowest BCUT2D eigenvalue weighted by atomic mass is 10.1. The van der Waals surface area contributed by atoms with E-state index < -0.39 is 5.97 Å². The maximum Gasteiger partial charge on any atom is 0.335 e. The van der Waals surface area contributed by atoms with Gasteiger partial charge in [-0.15, -0.1) is 0 Å². The van der Waals surface area contributed by atoms with Gasteiger partial charge < -0.3 is 19.3 Å². The number of aromatic carboxylic acids is 1. The number of carboxylic acids is 1. The predicted octanol–water partition coefficient (Wildman–Crippen LogP) is 5.22. The Bertz CT molecular complexity index is 1320. The van der Waals surface area contributed by atoms with Gasteiger partial charge in [0.05, 0.1) is 36.4 Å². The zero-order chi connectivity index (χ0) is 26.2. The average molecular weight is 519 g/mol. The number of methoxy groups -OCH3 is 2. The molecule has 0 radical (unpaired) electrons. The van der Waals surface area contributed by atoms with E-state index in [-0.39, 0.29) is 18.1 Å². The van der Waals surface area contributed by atoms with Gasteiger partial charge in [-0.2, -0.15) is 0 Å². The van der Waals surface area contributed by atoms with Crippen molar-refractivity contribution in [3.8, 4) is 11.5 Å². The molecular formula is C28H26N2O6S. The topological polar surface area (TPSA) is 97.7 Å². The number of hydrogen-bond acceptors (Lipinski definition) is 7. The van der Waals surface area contributed by atoms with Crippen molar-refractivity contribution in [2.24, 2.45) is 4.99 Å². The van der Waals surface area contributed by atoms with E-state index in [1.165, 1.54) is 23.9 Å². The molecule has 1 saturated heterocycles. The fourth-order valence-electron chi connectivity index (χ4n) is 3.53. The van der Waals surface area contributed by atoms with Gasteiger partial charge in [0, 0.05) is 7.11 Å². The molecule has 0 atom stereocenters. The Morgan fingerprint density at radius 1 is 1.03 bits per heavy atom. The lowest BCUT2D eigenvalue weighted by Crippen LogP contribution is -2.32. The lowest BCUT2D eigenvalue weighted by Gasteiger charge is -2.14. The van der Waals surface area contributed by atoms with Crippen molar-refractivity contribution in [1.29, 1.82) is 0 Å². The second kappa shape index (κ2) is 12.2. The van der Waals surface area contributed by atoms with Gasteiger partial charge in [0.25, 0.3) is 5.91 Å². The molecule has 190 valence electrons. The summed E-state index contributed by atoms with van der Waals surface area (Å²) in [5.74, 6) is -0.0642. The number of hydrogen-bond donors (Lipinski definition) is 1. The Kier molecular flexibility index (Phi) is 8.60. The number of benzene rings is 3. The minimum absolute atomic E-state index is 0.138. The van der Waals surface area contributed by atoms with Crippen LogP contribution in [0.4, 0.5) is 5.69 Å². The second-order valence-corrected chi connectivity index (χ2v) is 9.00. The summed E-state index contributed by atoms with van der Waals surface area (Å²) in [4.78, 5) is 31.0. The van der Waals surface area contributed by atoms with Crippen LogP contribution in [0.25, 0.3) is 6.08 Å². The highest BCUT2D eigenvalue weighted by Crippen LogP contribution is 2.36. The van der Waals surface area contributed by atoms with Crippen molar-refractivity contribution < 1.29 is 28.9 Å². The monoisotopic (exact) mass is 518 g/mol. The summed E-state index contributed by atoms with van der Waals surface area (Å²) < 4.78 is 16.6. The molecule has 8 nitrogen and oxygen atoms in total. The van der Waals surface area contributed by atoms with E-state index in [9.17, 15) is 9.59 Å². The van der Waals surface area contributed by atoms with Crippen LogP contribution in [0.3, 0.4) is 0 Å². The average Bonchev–Trinajstić information content (AvgIpc) is 3.20. The zero-order valence-electron chi connectivity index (χ0n) is 20.4. The van der Waals surface area contributed by atoms with Crippen LogP contribution >= 0.6 is 11.8 Å². The van der Waals surface area contributed by atoms with Crippen LogP contribution < -0.4 is 9.47 Å². The molecule has 1 aliphatic heterocycles. The summed E-state index contributed by atoms with van der Waals surface area (Å²) in [6, 6.07) is 21.4. The standard InChI is InChI=1S/C28H26N2O6S/c1-34-15-14-30-26(31)25(37-28(30)29-22-6-4-3-5-7-22)17-20-10-13-23(24(16-20)35-2)36-18-19-8-11-21(12-9-19)27(32)33/h3-13,16-17H,14-15,18H2,1-2H3,(H,32,33)/b25-17-,29-28?. The van der Waals surface area contributed by atoms with Crippen molar-refractivity contribution in [2.75, 3.05) is 27.4 Å². The Morgan fingerprint density at radius 2 is 1.78 bits per heavy atom. The van der Waals surface area contributed by atoms with Crippen molar-refractivity contribution >= 4 is 40.6 Å². The van der Waals surface area contributed by atoms with Crippen LogP contribution in [0.2, 0.25) is 0 Å². The van der Waals surface area contributed by atoms with E-state index >= 15 is 0 Å². The summed E-state index contributed by atoms with van der Waals surface area (Å²) in [7, 11) is 3.15. The number of carbonyl (C=O) groups is 2. The summed E-state index contributed by atoms with van der Waals surface area (Å²) >= 11 is 1.31. The fourth-order valence-corrected chi connectivity index (χ4v) is 4.56. The molecule has 0 saturated carbocycles. The number of amidine groups is 1. The number of ether oxygens (including phenoxy) is 3. The van der Waals surface area contributed by atoms with Crippen molar-refractivity contribution in [3.63, 3.8) is 0 Å². The second-order valence-electron chi connectivity index (χ2n) is 7.99. The van der Waals surface area contributed by atoms with Gasteiger partial charge in [0.1, 0.15) is 6.61 Å². The zero-order valence-corrected chi connectivity index (χ0v) is 21.2. The first-order valence-corrected chi connectivity index (χ1v) is 12.3. The highest BCUT2D eigenvalue weighted by molar-refractivity contribution is 8.18. The molecule has 1 heterocycles. The fraction of sp³-hybridized carbons (Fsp3) is 0.179. The number of thioether (sulfide) groups is 1. The third-order valence-electron chi connectivity index (χ3n) is 5.47. The highest BCUT2D eigenvalue weighted by atomic mass is 32.2. The number of aliphatic imine (C=N–C) groups is 1. The normalized spacial score (nSPS) is 15.4. The van der Waals surface area contributed by atoms with E-state index in [0.29, 0.717) is 34.7 Å². The van der Waals surface area contributed by atoms with Crippen LogP contribution in [0.15, 0.2) is 82.7 Å². The van der Waals surface area contributed by atoms with E-state index in [0.717, 1.165) is 16.8 Å². The number of amides is 1. The van der Waals surface area contributed by atoms with Gasteiger partial charge in [0.15, 0.2) is 16.7 Å². The summed E-state index contributed by atoms with van der Waals surface area (Å²) in [6.45, 7) is 1.04. The number of carboxylic acid groups (broad SMARTS) is 1. The van der Waals surface area contributed by atoms with E-state index in [2.05, 4.69) is 4.99 Å². The van der Waals surface area contributed by atoms with Crippen LogP contribution in [-0.4, -0.2) is 54.4 Å². The van der Waals surface area contributed by atoms with Gasteiger partial charge in [0.2, 0.25) is 0 Å². The largest absolute Gasteiger partial charge is 0.493 e. The van der Waals surface area contributed by atoms with E-state index in [1.54, 1.807) is 49.5 Å². The summed E-state index contributed by atoms with van der Waals surface area (Å²) in [5, 5.41) is 9.64. The molecule has 0 aromatic heterocycles. The minimum Gasteiger partial charge on any atom is -0.493 e. The predicted molar refractivity (Wildman–Crippen MR) is 143 cm³/mol. The van der Waals surface area contributed by atoms with E-state index in [4.69, 9.17) is 19.3 Å². The summed E-state index contributed by atoms with van der Waals surface area (Å²) in [5.41, 5.74) is 2.59. The Labute approximate surface area is 219 Å². The molecule has 4 rings (SSSR count). The highest BCUT2D eigenvalue weighted by Gasteiger charge is 2.33. The molecule has 1 N–H and O–H groups in total. The number of carbonyl (C=O) groups excluding carboxylic acids is 1. The Balaban J connectivity index is 1.52. The molecule has 3 aromatic carbocycles. The quantitative estimate of drug-likeness (QED) is 0.367. The number of para-hydroxylation sites is 1. The van der Waals surface area contributed by atoms with Gasteiger partial charge in [-0.1, -0.05) is 36.4 Å². The molecule has 0 bridgehead atoms. The molecule has 0 unspecified atom stereocenters. The van der Waals surface area contributed by atoms with Crippen molar-refractivity contribution in [3.05, 3.63) is 94.4 Å². The third-order valence-corrected chi connectivity index (χ3v) is 6.48. The van der Waals surface area contributed by atoms with E-state index in [1.807, 2.05) is 36.4 Å². The van der Waals surface area contributed by atoms with Gasteiger partial charge in [-0.05, 0) is 65.4 Å². The number of nitrogens with zero attached hydrogens (tertiary/aromatic N) is 2. The number of rotatable bonds is 10. The maximum atomic E-state index is 13.2. The lowest BCUT2D eigenvalue weighted by molar-refractivity contribution is -0.122. The van der Waals surface area contributed by atoms with Crippen LogP contribution in [0, 0.1) is 0 Å². The van der Waals surface area contributed by atoms with Crippen LogP contribution in [-0.2, 0) is 16.1 Å². The first kappa shape index (κ1) is 26.0. The molecule has 37 heavy (non-hydrogen) atoms. The smallest absolute Gasteiger partial charge is 0.335 e. The molecule has 9 heteroatoms. The molecule has 1 amide bonds. The molecule has 0 spiro atoms. The third kappa shape index (κ3) is 6.58. The SMILES string of the molecule is COCCN1C(=O)/C(=C/c2ccc(OCc3ccc(C(=O)O)cc3)c(OC)c2)SC1=Nc1ccccc1. The summed E-state index contributed by atoms with van der Waals surface area (Å²) in [6.07, 6.45) is 1.80. The van der Waals surface area contributed by atoms with Gasteiger partial charge >= 0.3 is 5.97 Å². The van der Waals surface area contributed by atoms with Crippen molar-refractivity contribution in [1.82, 2.24) is 4.90 Å². The molecule has 1 fully saturated rings. The minimum atomic E-state index is -0.974. The molecule has 0 aliphatic carbocycles. The molecule has 1 aliphatic rings. The maximum absolute atomic E-state index is 13.2. The Hall–Kier alpha value is -4.08. The Morgan fingerprint density at radius 3 is 2.46 bits per heavy atom. The first-order chi connectivity index (χ1) is 18.0.